The molecular weight excluding hydrogens is 349 g/mol. The number of rotatable bonds is 7. The Morgan fingerprint density at radius 2 is 1.79 bits per heavy atom. The average molecular weight is 378 g/mol. The highest BCUT2D eigenvalue weighted by molar-refractivity contribution is 5.95. The van der Waals surface area contributed by atoms with Gasteiger partial charge in [0.15, 0.2) is 0 Å². The molecule has 0 radical (unpaired) electrons. The van der Waals surface area contributed by atoms with Gasteiger partial charge in [-0.05, 0) is 25.0 Å². The van der Waals surface area contributed by atoms with Gasteiger partial charge in [0, 0.05) is 26.7 Å². The number of hydrogen-bond acceptors (Lipinski definition) is 4. The summed E-state index contributed by atoms with van der Waals surface area (Å²) in [7, 11) is 1.65. The maximum atomic E-state index is 12.0. The van der Waals surface area contributed by atoms with Crippen LogP contribution in [0, 0.1) is 0 Å². The number of nitrogens with one attached hydrogen (secondary N) is 2. The summed E-state index contributed by atoms with van der Waals surface area (Å²) in [6.45, 7) is 3.73. The van der Waals surface area contributed by atoms with E-state index in [9.17, 15) is 4.79 Å². The minimum Gasteiger partial charge on any atom is -0.383 e. The number of ether oxygens (including phenoxy) is 1. The topological polar surface area (TPSA) is 53.6 Å². The Bertz CT molecular complexity index is 467. The van der Waals surface area contributed by atoms with Crippen molar-refractivity contribution < 1.29 is 9.53 Å². The van der Waals surface area contributed by atoms with Crippen molar-refractivity contribution in [1.29, 1.82) is 0 Å². The molecule has 0 unspecified atom stereocenters. The monoisotopic (exact) mass is 377 g/mol. The van der Waals surface area contributed by atoms with Crippen LogP contribution < -0.4 is 15.5 Å². The first-order valence-electron chi connectivity index (χ1n) is 8.15. The molecule has 1 amide bonds. The fraction of sp³-hybridized carbons (Fsp3) is 0.588. The molecule has 24 heavy (non-hydrogen) atoms. The molecule has 0 aromatic heterocycles. The Morgan fingerprint density at radius 3 is 2.46 bits per heavy atom. The molecular formula is C17H29Cl2N3O2. The highest BCUT2D eigenvalue weighted by Crippen LogP contribution is 2.27. The summed E-state index contributed by atoms with van der Waals surface area (Å²) in [6.07, 6.45) is 5.05. The highest BCUT2D eigenvalue weighted by atomic mass is 35.5. The molecule has 1 fully saturated rings. The quantitative estimate of drug-likeness (QED) is 0.716. The molecule has 1 aromatic rings. The normalized spacial score (nSPS) is 14.1. The Morgan fingerprint density at radius 1 is 1.12 bits per heavy atom. The third-order valence-corrected chi connectivity index (χ3v) is 3.89. The number of nitrogens with zero attached hydrogens (tertiary/aromatic N) is 1. The van der Waals surface area contributed by atoms with Gasteiger partial charge in [0.2, 0.25) is 5.91 Å². The van der Waals surface area contributed by atoms with Crippen LogP contribution in [0.4, 0.5) is 11.4 Å². The highest BCUT2D eigenvalue weighted by Gasteiger charge is 2.14. The van der Waals surface area contributed by atoms with Gasteiger partial charge >= 0.3 is 0 Å². The van der Waals surface area contributed by atoms with E-state index < -0.39 is 0 Å². The van der Waals surface area contributed by atoms with Crippen LogP contribution in [0.5, 0.6) is 0 Å². The number of halogens is 2. The number of amides is 1. The molecule has 2 rings (SSSR count). The van der Waals surface area contributed by atoms with E-state index in [0.29, 0.717) is 19.7 Å². The second-order valence-corrected chi connectivity index (χ2v) is 5.64. The van der Waals surface area contributed by atoms with Crippen LogP contribution in [0.3, 0.4) is 0 Å². The lowest BCUT2D eigenvalue weighted by Crippen LogP contribution is -2.31. The first-order chi connectivity index (χ1) is 10.8. The molecule has 0 spiro atoms. The van der Waals surface area contributed by atoms with Gasteiger partial charge in [-0.3, -0.25) is 4.79 Å². The zero-order chi connectivity index (χ0) is 15.6. The third kappa shape index (κ3) is 7.71. The summed E-state index contributed by atoms with van der Waals surface area (Å²) in [5, 5.41) is 6.09. The zero-order valence-electron chi connectivity index (χ0n) is 14.3. The Hall–Kier alpha value is -1.01. The van der Waals surface area contributed by atoms with E-state index in [1.807, 2.05) is 18.2 Å². The van der Waals surface area contributed by atoms with Crippen LogP contribution in [0.2, 0.25) is 0 Å². The zero-order valence-corrected chi connectivity index (χ0v) is 15.9. The summed E-state index contributed by atoms with van der Waals surface area (Å²) in [5.41, 5.74) is 2.04. The number of carbonyl (C=O) groups excluding carboxylic acids is 1. The SMILES string of the molecule is COCCNCC(=O)Nc1ccccc1N1CCCCCC1.Cl.Cl. The third-order valence-electron chi connectivity index (χ3n) is 3.89. The molecule has 0 saturated carbocycles. The standard InChI is InChI=1S/C17H27N3O2.2ClH/c1-22-13-10-18-14-17(21)19-15-8-4-5-9-16(15)20-11-6-2-3-7-12-20;;/h4-5,8-9,18H,2-3,6-7,10-14H2,1H3,(H,19,21);2*1H. The lowest BCUT2D eigenvalue weighted by atomic mass is 10.2. The molecule has 7 heteroatoms. The smallest absolute Gasteiger partial charge is 0.238 e. The summed E-state index contributed by atoms with van der Waals surface area (Å²) in [5.74, 6) is -0.0154. The predicted molar refractivity (Wildman–Crippen MR) is 105 cm³/mol. The average Bonchev–Trinajstić information content (AvgIpc) is 2.81. The molecule has 138 valence electrons. The largest absolute Gasteiger partial charge is 0.383 e. The van der Waals surface area contributed by atoms with E-state index in [0.717, 1.165) is 24.5 Å². The molecule has 0 aliphatic carbocycles. The second kappa shape index (κ2) is 13.3. The number of methoxy groups -OCH3 is 1. The van der Waals surface area contributed by atoms with Crippen molar-refractivity contribution in [3.63, 3.8) is 0 Å². The van der Waals surface area contributed by atoms with Crippen molar-refractivity contribution in [2.24, 2.45) is 0 Å². The van der Waals surface area contributed by atoms with Gasteiger partial charge in [-0.1, -0.05) is 25.0 Å². The molecule has 2 N–H and O–H groups in total. The molecule has 1 aromatic carbocycles. The molecule has 0 atom stereocenters. The molecule has 1 heterocycles. The van der Waals surface area contributed by atoms with Crippen molar-refractivity contribution in [2.45, 2.75) is 25.7 Å². The van der Waals surface area contributed by atoms with Crippen molar-refractivity contribution in [3.05, 3.63) is 24.3 Å². The van der Waals surface area contributed by atoms with E-state index in [1.54, 1.807) is 7.11 Å². The predicted octanol–water partition coefficient (Wildman–Crippen LogP) is 3.09. The molecule has 1 saturated heterocycles. The maximum Gasteiger partial charge on any atom is 0.238 e. The van der Waals surface area contributed by atoms with Crippen LogP contribution in [-0.2, 0) is 9.53 Å². The van der Waals surface area contributed by atoms with Crippen molar-refractivity contribution in [2.75, 3.05) is 50.1 Å². The van der Waals surface area contributed by atoms with Crippen molar-refractivity contribution >= 4 is 42.1 Å². The Kier molecular flexibility index (Phi) is 12.7. The number of para-hydroxylation sites is 2. The minimum atomic E-state index is -0.0154. The summed E-state index contributed by atoms with van der Waals surface area (Å²) in [6, 6.07) is 8.08. The molecule has 1 aliphatic rings. The first kappa shape index (κ1) is 23.0. The maximum absolute atomic E-state index is 12.0. The van der Waals surface area contributed by atoms with Crippen molar-refractivity contribution in [3.8, 4) is 0 Å². The van der Waals surface area contributed by atoms with Crippen molar-refractivity contribution in [1.82, 2.24) is 5.32 Å². The van der Waals surface area contributed by atoms with E-state index >= 15 is 0 Å². The minimum absolute atomic E-state index is 0. The van der Waals surface area contributed by atoms with Crippen LogP contribution in [-0.4, -0.2) is 45.8 Å². The van der Waals surface area contributed by atoms with Gasteiger partial charge in [0.25, 0.3) is 0 Å². The van der Waals surface area contributed by atoms with Crippen LogP contribution in [0.25, 0.3) is 0 Å². The van der Waals surface area contributed by atoms with Gasteiger partial charge in [0.05, 0.1) is 24.5 Å². The molecule has 0 bridgehead atoms. The van der Waals surface area contributed by atoms with Gasteiger partial charge in [-0.25, -0.2) is 0 Å². The van der Waals surface area contributed by atoms with Gasteiger partial charge in [-0.2, -0.15) is 0 Å². The first-order valence-corrected chi connectivity index (χ1v) is 8.15. The lowest BCUT2D eigenvalue weighted by Gasteiger charge is -2.25. The number of hydrogen-bond donors (Lipinski definition) is 2. The summed E-state index contributed by atoms with van der Waals surface area (Å²) >= 11 is 0. The van der Waals surface area contributed by atoms with Crippen LogP contribution >= 0.6 is 24.8 Å². The van der Waals surface area contributed by atoms with E-state index in [4.69, 9.17) is 4.74 Å². The fourth-order valence-corrected chi connectivity index (χ4v) is 2.74. The second-order valence-electron chi connectivity index (χ2n) is 5.64. The molecule has 1 aliphatic heterocycles. The van der Waals surface area contributed by atoms with Gasteiger partial charge in [-0.15, -0.1) is 24.8 Å². The van der Waals surface area contributed by atoms with E-state index in [2.05, 4.69) is 21.6 Å². The van der Waals surface area contributed by atoms with E-state index in [-0.39, 0.29) is 30.7 Å². The Labute approximate surface area is 157 Å². The Balaban J connectivity index is 0.00000264. The molecule has 5 nitrogen and oxygen atoms in total. The summed E-state index contributed by atoms with van der Waals surface area (Å²) < 4.78 is 4.95. The fourth-order valence-electron chi connectivity index (χ4n) is 2.74. The van der Waals surface area contributed by atoms with E-state index in [1.165, 1.54) is 25.7 Å². The lowest BCUT2D eigenvalue weighted by molar-refractivity contribution is -0.115. The summed E-state index contributed by atoms with van der Waals surface area (Å²) in [4.78, 5) is 14.4. The number of carbonyl (C=O) groups is 1. The van der Waals surface area contributed by atoms with Gasteiger partial charge < -0.3 is 20.3 Å². The van der Waals surface area contributed by atoms with Crippen LogP contribution in [0.15, 0.2) is 24.3 Å². The van der Waals surface area contributed by atoms with Gasteiger partial charge in [0.1, 0.15) is 0 Å². The van der Waals surface area contributed by atoms with Crippen LogP contribution in [0.1, 0.15) is 25.7 Å². The number of benzene rings is 1. The number of anilines is 2.